The number of methoxy groups -OCH3 is 1. The summed E-state index contributed by atoms with van der Waals surface area (Å²) in [6.07, 6.45) is 1.63. The topological polar surface area (TPSA) is 71.1 Å². The van der Waals surface area contributed by atoms with E-state index in [-0.39, 0.29) is 5.88 Å². The molecule has 1 N–H and O–H groups in total. The Morgan fingerprint density at radius 2 is 2.16 bits per heavy atom. The lowest BCUT2D eigenvalue weighted by molar-refractivity contribution is 0.0299. The van der Waals surface area contributed by atoms with E-state index in [0.717, 1.165) is 5.56 Å². The Kier molecular flexibility index (Phi) is 3.83. The molecule has 0 saturated carbocycles. The van der Waals surface area contributed by atoms with Crippen molar-refractivity contribution in [2.45, 2.75) is 12.6 Å². The molecule has 2 rings (SSSR count). The van der Waals surface area contributed by atoms with Crippen LogP contribution in [0.15, 0.2) is 30.5 Å². The van der Waals surface area contributed by atoms with E-state index >= 15 is 0 Å². The van der Waals surface area contributed by atoms with Gasteiger partial charge in [0.2, 0.25) is 5.88 Å². The van der Waals surface area contributed by atoms with Crippen molar-refractivity contribution < 1.29 is 9.84 Å². The number of ether oxygens (including phenoxy) is 1. The summed E-state index contributed by atoms with van der Waals surface area (Å²) in [6, 6.07) is 8.98. The first-order valence-corrected chi connectivity index (χ1v) is 5.80. The first-order valence-electron chi connectivity index (χ1n) is 5.80. The van der Waals surface area contributed by atoms with Gasteiger partial charge in [-0.2, -0.15) is 10.4 Å². The highest BCUT2D eigenvalue weighted by Gasteiger charge is 2.17. The average Bonchev–Trinajstić information content (AvgIpc) is 2.83. The molecule has 5 nitrogen and oxygen atoms in total. The SMILES string of the molecule is [CH2]CC(OC)n1ncc(-c2ccc(C#N)cc2)c1O. The van der Waals surface area contributed by atoms with Gasteiger partial charge in [-0.3, -0.25) is 0 Å². The maximum Gasteiger partial charge on any atom is 0.219 e. The first-order chi connectivity index (χ1) is 9.21. The second kappa shape index (κ2) is 5.55. The molecule has 1 aromatic carbocycles. The number of nitriles is 1. The number of aromatic hydroxyl groups is 1. The van der Waals surface area contributed by atoms with Gasteiger partial charge in [-0.1, -0.05) is 12.1 Å². The maximum absolute atomic E-state index is 10.2. The van der Waals surface area contributed by atoms with Crippen LogP contribution in [-0.4, -0.2) is 22.0 Å². The Morgan fingerprint density at radius 3 is 2.68 bits per heavy atom. The zero-order valence-electron chi connectivity index (χ0n) is 10.6. The second-order valence-electron chi connectivity index (χ2n) is 3.99. The summed E-state index contributed by atoms with van der Waals surface area (Å²) in [6.45, 7) is 3.75. The zero-order chi connectivity index (χ0) is 13.8. The van der Waals surface area contributed by atoms with Crippen LogP contribution < -0.4 is 0 Å². The maximum atomic E-state index is 10.2. The number of rotatable bonds is 4. The first kappa shape index (κ1) is 13.1. The number of hydrogen-bond acceptors (Lipinski definition) is 4. The van der Waals surface area contributed by atoms with Gasteiger partial charge < -0.3 is 9.84 Å². The molecule has 1 unspecified atom stereocenters. The van der Waals surface area contributed by atoms with Gasteiger partial charge in [-0.15, -0.1) is 0 Å². The molecule has 5 heteroatoms. The van der Waals surface area contributed by atoms with Crippen molar-refractivity contribution >= 4 is 0 Å². The molecule has 1 radical (unpaired) electrons. The Morgan fingerprint density at radius 1 is 1.47 bits per heavy atom. The molecule has 0 fully saturated rings. The van der Waals surface area contributed by atoms with E-state index in [9.17, 15) is 5.11 Å². The lowest BCUT2D eigenvalue weighted by Gasteiger charge is -2.14. The van der Waals surface area contributed by atoms with Crippen LogP contribution in [-0.2, 0) is 4.74 Å². The summed E-state index contributed by atoms with van der Waals surface area (Å²) < 4.78 is 6.58. The summed E-state index contributed by atoms with van der Waals surface area (Å²) in [5.74, 6) is 0.0280. The molecule has 0 spiro atoms. The Labute approximate surface area is 111 Å². The van der Waals surface area contributed by atoms with Crippen LogP contribution in [0.5, 0.6) is 5.88 Å². The predicted molar refractivity (Wildman–Crippen MR) is 70.1 cm³/mol. The third kappa shape index (κ3) is 2.44. The molecular formula is C14H14N3O2. The smallest absolute Gasteiger partial charge is 0.219 e. The molecule has 0 aliphatic carbocycles. The minimum absolute atomic E-state index is 0.0280. The summed E-state index contributed by atoms with van der Waals surface area (Å²) in [7, 11) is 1.54. The fraction of sp³-hybridized carbons (Fsp3) is 0.214. The van der Waals surface area contributed by atoms with Crippen molar-refractivity contribution in [3.8, 4) is 23.1 Å². The Bertz CT molecular complexity index is 592. The lowest BCUT2D eigenvalue weighted by atomic mass is 10.1. The van der Waals surface area contributed by atoms with Crippen molar-refractivity contribution in [3.63, 3.8) is 0 Å². The summed E-state index contributed by atoms with van der Waals surface area (Å²) in [5, 5.41) is 23.0. The zero-order valence-corrected chi connectivity index (χ0v) is 10.6. The standard InChI is InChI=1S/C14H14N3O2/c1-3-13(19-2)17-14(18)12(9-16-17)11-6-4-10(8-15)5-7-11/h4-7,9,13,18H,1,3H2,2H3. The quantitative estimate of drug-likeness (QED) is 0.912. The van der Waals surface area contributed by atoms with Crippen molar-refractivity contribution in [2.75, 3.05) is 7.11 Å². The van der Waals surface area contributed by atoms with E-state index in [0.29, 0.717) is 17.5 Å². The normalized spacial score (nSPS) is 12.1. The number of nitrogens with zero attached hydrogens (tertiary/aromatic N) is 3. The van der Waals surface area contributed by atoms with Gasteiger partial charge in [0.1, 0.15) is 0 Å². The molecule has 0 bridgehead atoms. The number of benzene rings is 1. The van der Waals surface area contributed by atoms with Crippen molar-refractivity contribution in [1.82, 2.24) is 9.78 Å². The average molecular weight is 256 g/mol. The van der Waals surface area contributed by atoms with Crippen LogP contribution in [0.25, 0.3) is 11.1 Å². The molecular weight excluding hydrogens is 242 g/mol. The molecule has 19 heavy (non-hydrogen) atoms. The largest absolute Gasteiger partial charge is 0.493 e. The molecule has 0 aliphatic rings. The summed E-state index contributed by atoms with van der Waals surface area (Å²) in [4.78, 5) is 0. The fourth-order valence-electron chi connectivity index (χ4n) is 1.83. The third-order valence-corrected chi connectivity index (χ3v) is 2.89. The molecule has 2 aromatic rings. The van der Waals surface area contributed by atoms with Crippen LogP contribution in [0.2, 0.25) is 0 Å². The van der Waals surface area contributed by atoms with Crippen molar-refractivity contribution in [1.29, 1.82) is 5.26 Å². The molecule has 1 heterocycles. The molecule has 0 aliphatic heterocycles. The van der Waals surface area contributed by atoms with E-state index in [1.165, 1.54) is 4.68 Å². The molecule has 0 amide bonds. The van der Waals surface area contributed by atoms with Gasteiger partial charge in [0, 0.05) is 7.11 Å². The van der Waals surface area contributed by atoms with E-state index in [1.54, 1.807) is 37.6 Å². The van der Waals surface area contributed by atoms with Gasteiger partial charge >= 0.3 is 0 Å². The van der Waals surface area contributed by atoms with Crippen molar-refractivity contribution in [3.05, 3.63) is 42.9 Å². The predicted octanol–water partition coefficient (Wildman–Crippen LogP) is 2.50. The summed E-state index contributed by atoms with van der Waals surface area (Å²) in [5.41, 5.74) is 1.96. The summed E-state index contributed by atoms with van der Waals surface area (Å²) >= 11 is 0. The van der Waals surface area contributed by atoms with E-state index < -0.39 is 6.23 Å². The van der Waals surface area contributed by atoms with Crippen LogP contribution in [0, 0.1) is 18.3 Å². The van der Waals surface area contributed by atoms with Gasteiger partial charge in [0.25, 0.3) is 0 Å². The second-order valence-corrected chi connectivity index (χ2v) is 3.99. The lowest BCUT2D eigenvalue weighted by Crippen LogP contribution is -2.10. The fourth-order valence-corrected chi connectivity index (χ4v) is 1.83. The Hall–Kier alpha value is -2.32. The highest BCUT2D eigenvalue weighted by atomic mass is 16.5. The van der Waals surface area contributed by atoms with Gasteiger partial charge in [0.15, 0.2) is 6.23 Å². The van der Waals surface area contributed by atoms with Gasteiger partial charge in [-0.05, 0) is 31.0 Å². The van der Waals surface area contributed by atoms with Crippen LogP contribution in [0.1, 0.15) is 18.2 Å². The van der Waals surface area contributed by atoms with E-state index in [4.69, 9.17) is 10.00 Å². The Balaban J connectivity index is 2.38. The molecule has 0 saturated heterocycles. The van der Waals surface area contributed by atoms with E-state index in [2.05, 4.69) is 18.1 Å². The van der Waals surface area contributed by atoms with Crippen molar-refractivity contribution in [2.24, 2.45) is 0 Å². The van der Waals surface area contributed by atoms with Gasteiger partial charge in [0.05, 0.1) is 23.4 Å². The highest BCUT2D eigenvalue weighted by Crippen LogP contribution is 2.31. The minimum atomic E-state index is -0.396. The van der Waals surface area contributed by atoms with Crippen LogP contribution in [0.3, 0.4) is 0 Å². The van der Waals surface area contributed by atoms with Crippen LogP contribution in [0.4, 0.5) is 0 Å². The third-order valence-electron chi connectivity index (χ3n) is 2.89. The van der Waals surface area contributed by atoms with E-state index in [1.807, 2.05) is 0 Å². The van der Waals surface area contributed by atoms with Gasteiger partial charge in [-0.25, -0.2) is 4.68 Å². The highest BCUT2D eigenvalue weighted by molar-refractivity contribution is 5.68. The molecule has 97 valence electrons. The number of aromatic nitrogens is 2. The van der Waals surface area contributed by atoms with Crippen LogP contribution >= 0.6 is 0 Å². The monoisotopic (exact) mass is 256 g/mol. The minimum Gasteiger partial charge on any atom is -0.493 e. The number of hydrogen-bond donors (Lipinski definition) is 1. The molecule has 1 atom stereocenters. The molecule has 1 aromatic heterocycles.